The van der Waals surface area contributed by atoms with Gasteiger partial charge in [-0.25, -0.2) is 9.37 Å². The van der Waals surface area contributed by atoms with E-state index in [9.17, 15) is 4.39 Å². The minimum atomic E-state index is -0.416. The molecule has 0 spiro atoms. The smallest absolute Gasteiger partial charge is 0.194 e. The first-order valence-corrected chi connectivity index (χ1v) is 5.13. The molecule has 0 atom stereocenters. The number of rotatable bonds is 2. The summed E-state index contributed by atoms with van der Waals surface area (Å²) in [5.74, 6) is 0.985. The number of hydrogen-bond donors (Lipinski definition) is 1. The molecular weight excluding hydrogens is 207 g/mol. The van der Waals surface area contributed by atoms with E-state index in [0.717, 1.165) is 23.4 Å². The van der Waals surface area contributed by atoms with E-state index in [0.29, 0.717) is 5.89 Å². The molecule has 2 rings (SSSR count). The van der Waals surface area contributed by atoms with E-state index < -0.39 is 5.82 Å². The maximum atomic E-state index is 13.0. The third-order valence-electron chi connectivity index (χ3n) is 2.41. The van der Waals surface area contributed by atoms with E-state index in [1.54, 1.807) is 12.1 Å². The molecule has 0 unspecified atom stereocenters. The van der Waals surface area contributed by atoms with Crippen molar-refractivity contribution < 1.29 is 8.81 Å². The molecule has 0 aliphatic carbocycles. The van der Waals surface area contributed by atoms with Crippen molar-refractivity contribution >= 4 is 5.69 Å². The summed E-state index contributed by atoms with van der Waals surface area (Å²) >= 11 is 0. The van der Waals surface area contributed by atoms with Crippen LogP contribution in [0.25, 0.3) is 11.3 Å². The van der Waals surface area contributed by atoms with Crippen molar-refractivity contribution in [3.8, 4) is 11.3 Å². The fourth-order valence-electron chi connectivity index (χ4n) is 1.56. The molecule has 2 N–H and O–H groups in total. The number of aromatic nitrogens is 1. The predicted octanol–water partition coefficient (Wildman–Crippen LogP) is 2.93. The summed E-state index contributed by atoms with van der Waals surface area (Å²) in [6.45, 7) is 3.80. The molecule has 0 fully saturated rings. The molecule has 2 aromatic rings. The Bertz CT molecular complexity index is 520. The van der Waals surface area contributed by atoms with Gasteiger partial charge >= 0.3 is 0 Å². The zero-order valence-corrected chi connectivity index (χ0v) is 9.25. The second kappa shape index (κ2) is 3.96. The number of oxazole rings is 1. The fraction of sp³-hybridized carbons (Fsp3) is 0.250. The Morgan fingerprint density at radius 1 is 1.44 bits per heavy atom. The molecule has 0 saturated heterocycles. The minimum absolute atomic E-state index is 0.123. The van der Waals surface area contributed by atoms with E-state index in [4.69, 9.17) is 10.2 Å². The minimum Gasteiger partial charge on any atom is -0.445 e. The zero-order valence-electron chi connectivity index (χ0n) is 9.25. The molecule has 0 aliphatic rings. The van der Waals surface area contributed by atoms with Crippen LogP contribution >= 0.6 is 0 Å². The van der Waals surface area contributed by atoms with Gasteiger partial charge < -0.3 is 10.2 Å². The highest BCUT2D eigenvalue weighted by atomic mass is 19.1. The third kappa shape index (κ3) is 1.78. The lowest BCUT2D eigenvalue weighted by atomic mass is 10.1. The van der Waals surface area contributed by atoms with Gasteiger partial charge in [-0.15, -0.1) is 0 Å². The summed E-state index contributed by atoms with van der Waals surface area (Å²) in [6.07, 6.45) is 0.734. The van der Waals surface area contributed by atoms with Gasteiger partial charge in [0.2, 0.25) is 0 Å². The van der Waals surface area contributed by atoms with E-state index in [1.165, 1.54) is 6.07 Å². The van der Waals surface area contributed by atoms with Crippen LogP contribution in [0.5, 0.6) is 0 Å². The van der Waals surface area contributed by atoms with Crippen LogP contribution < -0.4 is 5.73 Å². The molecule has 0 bridgehead atoms. The topological polar surface area (TPSA) is 52.0 Å². The Morgan fingerprint density at radius 3 is 2.75 bits per heavy atom. The molecule has 0 saturated carbocycles. The van der Waals surface area contributed by atoms with E-state index in [-0.39, 0.29) is 5.69 Å². The predicted molar refractivity (Wildman–Crippen MR) is 60.4 cm³/mol. The fourth-order valence-corrected chi connectivity index (χ4v) is 1.56. The van der Waals surface area contributed by atoms with Gasteiger partial charge in [0, 0.05) is 12.0 Å². The average Bonchev–Trinajstić information content (AvgIpc) is 2.64. The Morgan fingerprint density at radius 2 is 2.19 bits per heavy atom. The van der Waals surface area contributed by atoms with Gasteiger partial charge in [0.05, 0.1) is 5.69 Å². The van der Waals surface area contributed by atoms with Crippen LogP contribution in [0.15, 0.2) is 22.6 Å². The molecule has 4 heteroatoms. The number of benzene rings is 1. The van der Waals surface area contributed by atoms with Crippen molar-refractivity contribution in [2.24, 2.45) is 0 Å². The molecule has 16 heavy (non-hydrogen) atoms. The largest absolute Gasteiger partial charge is 0.445 e. The van der Waals surface area contributed by atoms with Gasteiger partial charge in [0.15, 0.2) is 5.89 Å². The van der Waals surface area contributed by atoms with Crippen molar-refractivity contribution in [2.75, 3.05) is 5.73 Å². The molecule has 0 radical (unpaired) electrons. The Kier molecular flexibility index (Phi) is 2.64. The van der Waals surface area contributed by atoms with Gasteiger partial charge in [-0.05, 0) is 25.1 Å². The van der Waals surface area contributed by atoms with E-state index in [2.05, 4.69) is 4.98 Å². The van der Waals surface area contributed by atoms with Gasteiger partial charge in [-0.3, -0.25) is 0 Å². The van der Waals surface area contributed by atoms with Crippen molar-refractivity contribution in [3.05, 3.63) is 35.7 Å². The summed E-state index contributed by atoms with van der Waals surface area (Å²) in [5.41, 5.74) is 7.14. The van der Waals surface area contributed by atoms with Gasteiger partial charge in [0.25, 0.3) is 0 Å². The van der Waals surface area contributed by atoms with Crippen molar-refractivity contribution in [2.45, 2.75) is 20.3 Å². The molecule has 3 nitrogen and oxygen atoms in total. The number of nitrogen functional groups attached to an aromatic ring is 1. The van der Waals surface area contributed by atoms with Crippen LogP contribution in [0.3, 0.4) is 0 Å². The van der Waals surface area contributed by atoms with Crippen LogP contribution in [0, 0.1) is 12.7 Å². The van der Waals surface area contributed by atoms with Crippen molar-refractivity contribution in [1.29, 1.82) is 0 Å². The third-order valence-corrected chi connectivity index (χ3v) is 2.41. The SMILES string of the molecule is CCc1nc(-c2ccc(F)c(N)c2)c(C)o1. The molecule has 1 aromatic heterocycles. The summed E-state index contributed by atoms with van der Waals surface area (Å²) in [5, 5.41) is 0. The molecular formula is C12H13FN2O. The summed E-state index contributed by atoms with van der Waals surface area (Å²) in [4.78, 5) is 4.32. The summed E-state index contributed by atoms with van der Waals surface area (Å²) < 4.78 is 18.5. The van der Waals surface area contributed by atoms with E-state index >= 15 is 0 Å². The quantitative estimate of drug-likeness (QED) is 0.791. The molecule has 0 aliphatic heterocycles. The van der Waals surface area contributed by atoms with Crippen LogP contribution in [0.1, 0.15) is 18.6 Å². The lowest BCUT2D eigenvalue weighted by Crippen LogP contribution is -1.91. The highest BCUT2D eigenvalue weighted by Gasteiger charge is 2.11. The number of halogens is 1. The monoisotopic (exact) mass is 220 g/mol. The first kappa shape index (κ1) is 10.7. The Labute approximate surface area is 93.1 Å². The lowest BCUT2D eigenvalue weighted by molar-refractivity contribution is 0.477. The first-order valence-electron chi connectivity index (χ1n) is 5.13. The standard InChI is InChI=1S/C12H13FN2O/c1-3-11-15-12(7(2)16-11)8-4-5-9(13)10(14)6-8/h4-6H,3,14H2,1-2H3. The molecule has 1 aromatic carbocycles. The van der Waals surface area contributed by atoms with Gasteiger partial charge in [-0.2, -0.15) is 0 Å². The highest BCUT2D eigenvalue weighted by Crippen LogP contribution is 2.26. The molecule has 0 amide bonds. The number of hydrogen-bond acceptors (Lipinski definition) is 3. The lowest BCUT2D eigenvalue weighted by Gasteiger charge is -2.00. The number of aryl methyl sites for hydroxylation is 2. The molecule has 1 heterocycles. The summed E-state index contributed by atoms with van der Waals surface area (Å²) in [7, 11) is 0. The van der Waals surface area contributed by atoms with Crippen LogP contribution in [-0.2, 0) is 6.42 Å². The second-order valence-electron chi connectivity index (χ2n) is 3.60. The Hall–Kier alpha value is -1.84. The highest BCUT2D eigenvalue weighted by molar-refractivity contribution is 5.65. The van der Waals surface area contributed by atoms with Crippen LogP contribution in [0.4, 0.5) is 10.1 Å². The van der Waals surface area contributed by atoms with Crippen molar-refractivity contribution in [3.63, 3.8) is 0 Å². The molecule has 84 valence electrons. The first-order chi connectivity index (χ1) is 7.61. The van der Waals surface area contributed by atoms with Gasteiger partial charge in [0.1, 0.15) is 17.3 Å². The van der Waals surface area contributed by atoms with E-state index in [1.807, 2.05) is 13.8 Å². The number of nitrogens with zero attached hydrogens (tertiary/aromatic N) is 1. The maximum Gasteiger partial charge on any atom is 0.194 e. The van der Waals surface area contributed by atoms with Crippen molar-refractivity contribution in [1.82, 2.24) is 4.98 Å². The Balaban J connectivity index is 2.49. The normalized spacial score (nSPS) is 10.7. The second-order valence-corrected chi connectivity index (χ2v) is 3.60. The summed E-state index contributed by atoms with van der Waals surface area (Å²) in [6, 6.07) is 4.56. The van der Waals surface area contributed by atoms with Gasteiger partial charge in [-0.1, -0.05) is 6.92 Å². The zero-order chi connectivity index (χ0) is 11.7. The number of anilines is 1. The number of nitrogens with two attached hydrogens (primary N) is 1. The van der Waals surface area contributed by atoms with Crippen LogP contribution in [0.2, 0.25) is 0 Å². The maximum absolute atomic E-state index is 13.0. The average molecular weight is 220 g/mol. The van der Waals surface area contributed by atoms with Crippen LogP contribution in [-0.4, -0.2) is 4.98 Å².